The summed E-state index contributed by atoms with van der Waals surface area (Å²) < 4.78 is 11.6. The molecule has 126 valence electrons. The van der Waals surface area contributed by atoms with E-state index in [0.29, 0.717) is 23.8 Å². The van der Waals surface area contributed by atoms with Crippen LogP contribution in [0.1, 0.15) is 22.8 Å². The molecule has 0 saturated heterocycles. The van der Waals surface area contributed by atoms with E-state index in [2.05, 4.69) is 26.5 Å². The van der Waals surface area contributed by atoms with Crippen LogP contribution in [0.15, 0.2) is 46.0 Å². The van der Waals surface area contributed by atoms with Crippen LogP contribution >= 0.6 is 15.9 Å². The number of carbonyl (C=O) groups is 1. The quantitative estimate of drug-likeness (QED) is 0.549. The van der Waals surface area contributed by atoms with E-state index in [1.807, 2.05) is 19.1 Å². The minimum atomic E-state index is -0.962. The van der Waals surface area contributed by atoms with Gasteiger partial charge in [0, 0.05) is 0 Å². The first kappa shape index (κ1) is 17.8. The number of nitrogens with one attached hydrogen (secondary N) is 1. The molecule has 0 amide bonds. The summed E-state index contributed by atoms with van der Waals surface area (Å²) in [7, 11) is 1.58. The third-order valence-electron chi connectivity index (χ3n) is 3.08. The molecule has 0 heterocycles. The van der Waals surface area contributed by atoms with Crippen LogP contribution in [0.25, 0.3) is 0 Å². The number of carboxylic acid groups (broad SMARTS) is 1. The average molecular weight is 393 g/mol. The minimum absolute atomic E-state index is 0.227. The zero-order valence-electron chi connectivity index (χ0n) is 13.2. The van der Waals surface area contributed by atoms with Crippen LogP contribution in [-0.4, -0.2) is 31.0 Å². The fraction of sp³-hybridized carbons (Fsp3) is 0.176. The van der Waals surface area contributed by atoms with Crippen molar-refractivity contribution in [3.63, 3.8) is 0 Å². The van der Waals surface area contributed by atoms with Gasteiger partial charge in [-0.1, -0.05) is 0 Å². The monoisotopic (exact) mass is 392 g/mol. The number of hydrazone groups is 1. The average Bonchev–Trinajstić information content (AvgIpc) is 2.57. The summed E-state index contributed by atoms with van der Waals surface area (Å²) in [5, 5.41) is 13.0. The molecule has 0 atom stereocenters. The molecule has 2 aromatic carbocycles. The first-order valence-electron chi connectivity index (χ1n) is 7.18. The van der Waals surface area contributed by atoms with Crippen LogP contribution in [0.4, 0.5) is 5.69 Å². The molecule has 2 N–H and O–H groups in total. The Morgan fingerprint density at radius 3 is 2.62 bits per heavy atom. The molecule has 0 aliphatic heterocycles. The van der Waals surface area contributed by atoms with Crippen LogP contribution in [0.5, 0.6) is 11.5 Å². The summed E-state index contributed by atoms with van der Waals surface area (Å²) in [6.07, 6.45) is 1.63. The van der Waals surface area contributed by atoms with Crippen molar-refractivity contribution in [1.82, 2.24) is 0 Å². The van der Waals surface area contributed by atoms with Crippen molar-refractivity contribution in [2.24, 2.45) is 5.10 Å². The molecule has 0 fully saturated rings. The second-order valence-corrected chi connectivity index (χ2v) is 5.57. The van der Waals surface area contributed by atoms with Crippen molar-refractivity contribution in [2.75, 3.05) is 19.1 Å². The number of methoxy groups -OCH3 is 1. The zero-order valence-corrected chi connectivity index (χ0v) is 14.8. The Morgan fingerprint density at radius 1 is 1.33 bits per heavy atom. The number of nitrogens with zero attached hydrogens (tertiary/aromatic N) is 1. The van der Waals surface area contributed by atoms with Gasteiger partial charge in [-0.3, -0.25) is 5.43 Å². The van der Waals surface area contributed by atoms with E-state index in [0.717, 1.165) is 10.0 Å². The predicted molar refractivity (Wildman–Crippen MR) is 96.5 cm³/mol. The summed E-state index contributed by atoms with van der Waals surface area (Å²) in [4.78, 5) is 10.8. The third-order valence-corrected chi connectivity index (χ3v) is 3.67. The number of benzene rings is 2. The summed E-state index contributed by atoms with van der Waals surface area (Å²) in [6.45, 7) is 2.44. The lowest BCUT2D eigenvalue weighted by atomic mass is 10.2. The molecule has 0 aliphatic rings. The number of carboxylic acids is 1. The SMILES string of the molecule is CCOc1c(Br)cc(C=NNc2ccc(C(=O)O)cc2)cc1OC. The summed E-state index contributed by atoms with van der Waals surface area (Å²) >= 11 is 3.46. The van der Waals surface area contributed by atoms with Gasteiger partial charge >= 0.3 is 5.97 Å². The van der Waals surface area contributed by atoms with Gasteiger partial charge < -0.3 is 14.6 Å². The third kappa shape index (κ3) is 4.48. The number of ether oxygens (including phenoxy) is 2. The number of rotatable bonds is 7. The van der Waals surface area contributed by atoms with Crippen LogP contribution in [0.3, 0.4) is 0 Å². The molecule has 0 unspecified atom stereocenters. The normalized spacial score (nSPS) is 10.6. The fourth-order valence-electron chi connectivity index (χ4n) is 1.97. The van der Waals surface area contributed by atoms with Gasteiger partial charge in [-0.25, -0.2) is 4.79 Å². The second-order valence-electron chi connectivity index (χ2n) is 4.72. The lowest BCUT2D eigenvalue weighted by Gasteiger charge is -2.12. The van der Waals surface area contributed by atoms with E-state index >= 15 is 0 Å². The predicted octanol–water partition coefficient (Wildman–Crippen LogP) is 4.00. The molecule has 0 spiro atoms. The summed E-state index contributed by atoms with van der Waals surface area (Å²) in [5.41, 5.74) is 4.58. The lowest BCUT2D eigenvalue weighted by Crippen LogP contribution is -1.98. The van der Waals surface area contributed by atoms with Gasteiger partial charge in [0.1, 0.15) is 0 Å². The van der Waals surface area contributed by atoms with Gasteiger partial charge in [0.2, 0.25) is 0 Å². The molecule has 2 aromatic rings. The minimum Gasteiger partial charge on any atom is -0.493 e. The molecule has 0 radical (unpaired) electrons. The smallest absolute Gasteiger partial charge is 0.335 e. The Morgan fingerprint density at radius 2 is 2.04 bits per heavy atom. The van der Waals surface area contributed by atoms with Crippen LogP contribution < -0.4 is 14.9 Å². The maximum absolute atomic E-state index is 10.8. The van der Waals surface area contributed by atoms with Crippen LogP contribution in [0, 0.1) is 0 Å². The van der Waals surface area contributed by atoms with Crippen molar-refractivity contribution in [1.29, 1.82) is 0 Å². The van der Waals surface area contributed by atoms with E-state index in [1.165, 1.54) is 12.1 Å². The first-order chi connectivity index (χ1) is 11.5. The van der Waals surface area contributed by atoms with E-state index < -0.39 is 5.97 Å². The Kier molecular flexibility index (Phi) is 6.20. The second kappa shape index (κ2) is 8.35. The molecule has 2 rings (SSSR count). The lowest BCUT2D eigenvalue weighted by molar-refractivity contribution is 0.0697. The zero-order chi connectivity index (χ0) is 17.5. The van der Waals surface area contributed by atoms with Crippen molar-refractivity contribution in [2.45, 2.75) is 6.92 Å². The van der Waals surface area contributed by atoms with Gasteiger partial charge in [0.25, 0.3) is 0 Å². The van der Waals surface area contributed by atoms with E-state index in [9.17, 15) is 4.79 Å². The van der Waals surface area contributed by atoms with Crippen LogP contribution in [0.2, 0.25) is 0 Å². The van der Waals surface area contributed by atoms with Gasteiger partial charge in [-0.05, 0) is 64.8 Å². The highest BCUT2D eigenvalue weighted by Crippen LogP contribution is 2.36. The first-order valence-corrected chi connectivity index (χ1v) is 7.97. The fourth-order valence-corrected chi connectivity index (χ4v) is 2.54. The molecule has 0 saturated carbocycles. The Hall–Kier alpha value is -2.54. The van der Waals surface area contributed by atoms with Crippen LogP contribution in [-0.2, 0) is 0 Å². The van der Waals surface area contributed by atoms with Gasteiger partial charge in [0.05, 0.1) is 35.7 Å². The molecule has 0 aromatic heterocycles. The maximum Gasteiger partial charge on any atom is 0.335 e. The van der Waals surface area contributed by atoms with E-state index in [-0.39, 0.29) is 5.56 Å². The maximum atomic E-state index is 10.8. The summed E-state index contributed by atoms with van der Waals surface area (Å²) in [5.74, 6) is 0.296. The number of anilines is 1. The van der Waals surface area contributed by atoms with E-state index in [1.54, 1.807) is 25.5 Å². The van der Waals surface area contributed by atoms with Crippen molar-refractivity contribution < 1.29 is 19.4 Å². The van der Waals surface area contributed by atoms with Gasteiger partial charge in [0.15, 0.2) is 11.5 Å². The van der Waals surface area contributed by atoms with Crippen molar-refractivity contribution in [3.05, 3.63) is 52.0 Å². The molecular formula is C17H17BrN2O4. The highest BCUT2D eigenvalue weighted by molar-refractivity contribution is 9.10. The number of aromatic carboxylic acids is 1. The number of halogens is 1. The van der Waals surface area contributed by atoms with E-state index in [4.69, 9.17) is 14.6 Å². The number of hydrogen-bond donors (Lipinski definition) is 2. The highest BCUT2D eigenvalue weighted by Gasteiger charge is 2.10. The molecular weight excluding hydrogens is 376 g/mol. The Bertz CT molecular complexity index is 745. The Balaban J connectivity index is 2.11. The molecule has 24 heavy (non-hydrogen) atoms. The highest BCUT2D eigenvalue weighted by atomic mass is 79.9. The summed E-state index contributed by atoms with van der Waals surface area (Å²) in [6, 6.07) is 10.00. The standard InChI is InChI=1S/C17H17BrN2O4/c1-3-24-16-14(18)8-11(9-15(16)23-2)10-19-20-13-6-4-12(5-7-13)17(21)22/h4-10,20H,3H2,1-2H3,(H,21,22). The Labute approximate surface area is 148 Å². The molecule has 6 nitrogen and oxygen atoms in total. The number of hydrogen-bond acceptors (Lipinski definition) is 5. The largest absolute Gasteiger partial charge is 0.493 e. The van der Waals surface area contributed by atoms with Gasteiger partial charge in [-0.2, -0.15) is 5.10 Å². The molecule has 0 aliphatic carbocycles. The molecule has 0 bridgehead atoms. The molecule has 7 heteroatoms. The topological polar surface area (TPSA) is 80.2 Å². The van der Waals surface area contributed by atoms with Crippen molar-refractivity contribution >= 4 is 33.8 Å². The van der Waals surface area contributed by atoms with Gasteiger partial charge in [-0.15, -0.1) is 0 Å². The van der Waals surface area contributed by atoms with Crippen molar-refractivity contribution in [3.8, 4) is 11.5 Å².